The lowest BCUT2D eigenvalue weighted by Gasteiger charge is -2.33. The van der Waals surface area contributed by atoms with Crippen molar-refractivity contribution in [2.24, 2.45) is 5.92 Å². The zero-order valence-electron chi connectivity index (χ0n) is 20.5. The molecule has 3 aromatic rings. The summed E-state index contributed by atoms with van der Waals surface area (Å²) in [6.45, 7) is 7.79. The molecule has 0 aromatic carbocycles. The molecule has 0 amide bonds. The third-order valence-corrected chi connectivity index (χ3v) is 7.45. The van der Waals surface area contributed by atoms with Crippen LogP contribution in [0.25, 0.3) is 10.3 Å². The largest absolute Gasteiger partial charge is 0.393 e. The molecule has 0 radical (unpaired) electrons. The van der Waals surface area contributed by atoms with Gasteiger partial charge in [-0.1, -0.05) is 25.2 Å². The molecule has 5 rings (SSSR count). The highest BCUT2D eigenvalue weighted by Crippen LogP contribution is 2.28. The second-order valence-corrected chi connectivity index (χ2v) is 11.0. The van der Waals surface area contributed by atoms with Gasteiger partial charge in [0, 0.05) is 37.9 Å². The second kappa shape index (κ2) is 11.1. The van der Waals surface area contributed by atoms with E-state index in [1.165, 1.54) is 11.3 Å². The van der Waals surface area contributed by atoms with E-state index in [1.54, 1.807) is 6.20 Å². The third kappa shape index (κ3) is 6.63. The first-order valence-electron chi connectivity index (χ1n) is 12.7. The molecule has 0 spiro atoms. The molecule has 1 atom stereocenters. The summed E-state index contributed by atoms with van der Waals surface area (Å²) in [4.78, 5) is 22.0. The summed E-state index contributed by atoms with van der Waals surface area (Å²) in [5.41, 5.74) is 1.84. The van der Waals surface area contributed by atoms with E-state index in [-0.39, 0.29) is 18.2 Å². The van der Waals surface area contributed by atoms with E-state index >= 15 is 0 Å². The standard InChI is InChI=1S/C25H35N7O2S/c1-16(2)12-20-15-32(10-11-34-20)14-18-13-22(31-25-29-21-4-3-9-26-23(21)35-25)30-24(28-18)27-17-5-7-19(33)8-6-17/h3-4,9,13,16-17,19-20,33H,5-8,10-12,14-15H2,1-2H3,(H2,27,28,29,30,31). The van der Waals surface area contributed by atoms with Crippen LogP contribution in [0.1, 0.15) is 51.6 Å². The van der Waals surface area contributed by atoms with E-state index < -0.39 is 0 Å². The van der Waals surface area contributed by atoms with Crippen molar-refractivity contribution in [3.63, 3.8) is 0 Å². The maximum absolute atomic E-state index is 9.87. The number of aliphatic hydroxyl groups is 1. The summed E-state index contributed by atoms with van der Waals surface area (Å²) in [5, 5.41) is 17.5. The lowest BCUT2D eigenvalue weighted by atomic mass is 9.93. The van der Waals surface area contributed by atoms with Gasteiger partial charge in [0.15, 0.2) is 5.13 Å². The van der Waals surface area contributed by atoms with Gasteiger partial charge in [-0.3, -0.25) is 4.90 Å². The van der Waals surface area contributed by atoms with Crippen molar-refractivity contribution >= 4 is 38.6 Å². The highest BCUT2D eigenvalue weighted by molar-refractivity contribution is 7.21. The molecular weight excluding hydrogens is 462 g/mol. The first-order chi connectivity index (χ1) is 17.0. The van der Waals surface area contributed by atoms with Gasteiger partial charge in [0.2, 0.25) is 5.95 Å². The fourth-order valence-corrected chi connectivity index (χ4v) is 5.68. The van der Waals surface area contributed by atoms with Crippen LogP contribution in [0.5, 0.6) is 0 Å². The monoisotopic (exact) mass is 497 g/mol. The SMILES string of the molecule is CC(C)CC1CN(Cc2cc(Nc3nc4cccnc4s3)nc(NC3CCC(O)CC3)n2)CCO1. The van der Waals surface area contributed by atoms with Crippen molar-refractivity contribution < 1.29 is 9.84 Å². The summed E-state index contributed by atoms with van der Waals surface area (Å²) >= 11 is 1.51. The van der Waals surface area contributed by atoms with Gasteiger partial charge < -0.3 is 20.5 Å². The van der Waals surface area contributed by atoms with Crippen molar-refractivity contribution in [2.75, 3.05) is 30.3 Å². The van der Waals surface area contributed by atoms with Crippen LogP contribution in [0.4, 0.5) is 16.9 Å². The molecule has 1 saturated carbocycles. The molecule has 3 aromatic heterocycles. The normalized spacial score (nSPS) is 23.6. The van der Waals surface area contributed by atoms with E-state index in [4.69, 9.17) is 14.7 Å². The van der Waals surface area contributed by atoms with Crippen LogP contribution in [0.3, 0.4) is 0 Å². The van der Waals surface area contributed by atoms with Gasteiger partial charge in [-0.05, 0) is 50.2 Å². The second-order valence-electron chi connectivity index (χ2n) is 10.0. The first kappa shape index (κ1) is 24.3. The molecule has 2 aliphatic rings. The molecule has 10 heteroatoms. The van der Waals surface area contributed by atoms with Crippen LogP contribution < -0.4 is 10.6 Å². The van der Waals surface area contributed by atoms with Crippen LogP contribution in [0.2, 0.25) is 0 Å². The fourth-order valence-electron chi connectivity index (χ4n) is 4.86. The number of anilines is 3. The summed E-state index contributed by atoms with van der Waals surface area (Å²) in [5.74, 6) is 1.96. The van der Waals surface area contributed by atoms with E-state index in [0.29, 0.717) is 11.9 Å². The smallest absolute Gasteiger partial charge is 0.225 e. The fraction of sp³-hybridized carbons (Fsp3) is 0.600. The Bertz CT molecular complexity index is 1080. The molecule has 1 aliphatic carbocycles. The molecule has 4 heterocycles. The van der Waals surface area contributed by atoms with E-state index in [9.17, 15) is 5.11 Å². The zero-order chi connectivity index (χ0) is 24.2. The summed E-state index contributed by atoms with van der Waals surface area (Å²) in [6.07, 6.45) is 6.39. The number of rotatable bonds is 8. The van der Waals surface area contributed by atoms with Gasteiger partial charge in [0.25, 0.3) is 0 Å². The van der Waals surface area contributed by atoms with Gasteiger partial charge in [0.05, 0.1) is 24.5 Å². The predicted octanol–water partition coefficient (Wildman–Crippen LogP) is 4.19. The molecule has 0 bridgehead atoms. The number of nitrogens with one attached hydrogen (secondary N) is 2. The zero-order valence-corrected chi connectivity index (χ0v) is 21.3. The van der Waals surface area contributed by atoms with Crippen molar-refractivity contribution in [1.29, 1.82) is 0 Å². The molecule has 1 unspecified atom stereocenters. The highest BCUT2D eigenvalue weighted by Gasteiger charge is 2.23. The molecule has 2 fully saturated rings. The maximum Gasteiger partial charge on any atom is 0.225 e. The summed E-state index contributed by atoms with van der Waals surface area (Å²) in [6, 6.07) is 6.15. The number of hydrogen-bond donors (Lipinski definition) is 3. The Kier molecular flexibility index (Phi) is 7.72. The number of pyridine rings is 1. The highest BCUT2D eigenvalue weighted by atomic mass is 32.1. The third-order valence-electron chi connectivity index (χ3n) is 6.55. The number of fused-ring (bicyclic) bond motifs is 1. The Balaban J connectivity index is 1.34. The summed E-state index contributed by atoms with van der Waals surface area (Å²) < 4.78 is 5.99. The predicted molar refractivity (Wildman–Crippen MR) is 139 cm³/mol. The lowest BCUT2D eigenvalue weighted by molar-refractivity contribution is -0.0403. The molecule has 9 nitrogen and oxygen atoms in total. The minimum absolute atomic E-state index is 0.190. The quantitative estimate of drug-likeness (QED) is 0.422. The first-order valence-corrected chi connectivity index (χ1v) is 13.5. The van der Waals surface area contributed by atoms with Crippen LogP contribution in [-0.4, -0.2) is 67.9 Å². The van der Waals surface area contributed by atoms with Crippen molar-refractivity contribution in [2.45, 2.75) is 70.7 Å². The Morgan fingerprint density at radius 1 is 1.20 bits per heavy atom. The Morgan fingerprint density at radius 2 is 2.06 bits per heavy atom. The Hall–Kier alpha value is -2.40. The van der Waals surface area contributed by atoms with Crippen molar-refractivity contribution in [1.82, 2.24) is 24.8 Å². The lowest BCUT2D eigenvalue weighted by Crippen LogP contribution is -2.42. The van der Waals surface area contributed by atoms with Gasteiger partial charge in [0.1, 0.15) is 16.2 Å². The molecule has 1 saturated heterocycles. The summed E-state index contributed by atoms with van der Waals surface area (Å²) in [7, 11) is 0. The number of aliphatic hydroxyl groups excluding tert-OH is 1. The molecule has 3 N–H and O–H groups in total. The molecule has 1 aliphatic heterocycles. The Labute approximate surface area is 210 Å². The van der Waals surface area contributed by atoms with E-state index in [1.807, 2.05) is 18.2 Å². The van der Waals surface area contributed by atoms with Crippen LogP contribution in [-0.2, 0) is 11.3 Å². The molecule has 35 heavy (non-hydrogen) atoms. The number of nitrogens with zero attached hydrogens (tertiary/aromatic N) is 5. The number of thiazole rings is 1. The van der Waals surface area contributed by atoms with Crippen molar-refractivity contribution in [3.8, 4) is 0 Å². The number of morpholine rings is 1. The number of ether oxygens (including phenoxy) is 1. The molecular formula is C25H35N7O2S. The molecule has 188 valence electrons. The van der Waals surface area contributed by atoms with Gasteiger partial charge in [-0.15, -0.1) is 0 Å². The Morgan fingerprint density at radius 3 is 2.86 bits per heavy atom. The minimum Gasteiger partial charge on any atom is -0.393 e. The van der Waals surface area contributed by atoms with Crippen LogP contribution >= 0.6 is 11.3 Å². The van der Waals surface area contributed by atoms with Gasteiger partial charge in [-0.2, -0.15) is 4.98 Å². The average Bonchev–Trinajstić information content (AvgIpc) is 3.22. The van der Waals surface area contributed by atoms with Crippen LogP contribution in [0.15, 0.2) is 24.4 Å². The maximum atomic E-state index is 9.87. The van der Waals surface area contributed by atoms with E-state index in [0.717, 1.165) is 85.3 Å². The number of hydrogen-bond acceptors (Lipinski definition) is 10. The van der Waals surface area contributed by atoms with Crippen LogP contribution in [0, 0.1) is 5.92 Å². The minimum atomic E-state index is -0.190. The van der Waals surface area contributed by atoms with Crippen molar-refractivity contribution in [3.05, 3.63) is 30.1 Å². The van der Waals surface area contributed by atoms with Gasteiger partial charge in [-0.25, -0.2) is 15.0 Å². The average molecular weight is 498 g/mol. The number of aromatic nitrogens is 4. The topological polar surface area (TPSA) is 108 Å². The van der Waals surface area contributed by atoms with Gasteiger partial charge >= 0.3 is 0 Å². The van der Waals surface area contributed by atoms with E-state index in [2.05, 4.69) is 39.3 Å².